The second kappa shape index (κ2) is 2.29. The highest BCUT2D eigenvalue weighted by molar-refractivity contribution is 5.92. The third-order valence-corrected chi connectivity index (χ3v) is 1.79. The molecule has 0 atom stereocenters. The van der Waals surface area contributed by atoms with Crippen LogP contribution in [-0.4, -0.2) is 29.7 Å². The third-order valence-electron chi connectivity index (χ3n) is 1.79. The van der Waals surface area contributed by atoms with Crippen LogP contribution in [0.15, 0.2) is 0 Å². The van der Waals surface area contributed by atoms with Crippen molar-refractivity contribution >= 4 is 5.78 Å². The zero-order valence-electron chi connectivity index (χ0n) is 7.18. The Hall–Kier alpha value is -0.410. The van der Waals surface area contributed by atoms with Crippen LogP contribution in [0.5, 0.6) is 0 Å². The fraction of sp³-hybridized carbons (Fsp3) is 0.875. The van der Waals surface area contributed by atoms with E-state index < -0.39 is 11.0 Å². The summed E-state index contributed by atoms with van der Waals surface area (Å²) in [6.07, 6.45) is 0. The van der Waals surface area contributed by atoms with Gasteiger partial charge in [-0.1, -0.05) is 20.8 Å². The molecule has 0 bridgehead atoms. The highest BCUT2D eigenvalue weighted by atomic mass is 16.5. The van der Waals surface area contributed by atoms with Gasteiger partial charge in [-0.2, -0.15) is 0 Å². The number of hydrogen-bond acceptors (Lipinski definition) is 3. The van der Waals surface area contributed by atoms with E-state index in [4.69, 9.17) is 4.74 Å². The summed E-state index contributed by atoms with van der Waals surface area (Å²) < 4.78 is 4.78. The molecule has 0 aliphatic carbocycles. The number of hydrogen-bond donors (Lipinski definition) is 1. The zero-order valence-corrected chi connectivity index (χ0v) is 7.18. The van der Waals surface area contributed by atoms with Crippen LogP contribution in [0.25, 0.3) is 0 Å². The van der Waals surface area contributed by atoms with Crippen LogP contribution in [0.3, 0.4) is 0 Å². The molecule has 1 saturated heterocycles. The molecular formula is C8H14O3. The molecule has 1 heterocycles. The lowest BCUT2D eigenvalue weighted by Crippen LogP contribution is -2.59. The van der Waals surface area contributed by atoms with Gasteiger partial charge in [0.15, 0.2) is 11.4 Å². The first-order valence-electron chi connectivity index (χ1n) is 3.71. The molecule has 0 radical (unpaired) electrons. The van der Waals surface area contributed by atoms with Gasteiger partial charge in [0.05, 0.1) is 13.2 Å². The van der Waals surface area contributed by atoms with Gasteiger partial charge in [-0.05, 0) is 0 Å². The fourth-order valence-electron chi connectivity index (χ4n) is 1.12. The molecule has 3 heteroatoms. The van der Waals surface area contributed by atoms with E-state index in [0.717, 1.165) is 0 Å². The maximum Gasteiger partial charge on any atom is 0.174 e. The van der Waals surface area contributed by atoms with Crippen molar-refractivity contribution in [2.45, 2.75) is 26.4 Å². The molecule has 1 N–H and O–H groups in total. The number of Topliss-reactive ketones (excluding diaryl/α,β-unsaturated/α-hetero) is 1. The highest BCUT2D eigenvalue weighted by Crippen LogP contribution is 2.28. The molecule has 1 aliphatic rings. The summed E-state index contributed by atoms with van der Waals surface area (Å²) in [5.74, 6) is -0.128. The molecule has 0 saturated carbocycles. The van der Waals surface area contributed by atoms with Crippen molar-refractivity contribution in [1.82, 2.24) is 0 Å². The molecule has 0 amide bonds. The van der Waals surface area contributed by atoms with Crippen LogP contribution in [0, 0.1) is 5.41 Å². The first kappa shape index (κ1) is 8.68. The van der Waals surface area contributed by atoms with Gasteiger partial charge >= 0.3 is 0 Å². The quantitative estimate of drug-likeness (QED) is 0.599. The predicted molar refractivity (Wildman–Crippen MR) is 40.2 cm³/mol. The number of aliphatic hydroxyl groups is 1. The average Bonchev–Trinajstić information content (AvgIpc) is 1.79. The lowest BCUT2D eigenvalue weighted by Gasteiger charge is -2.38. The standard InChI is InChI=1S/C8H14O3/c1-7(2,3)6(9)8(10)4-11-5-8/h10H,4-5H2,1-3H3. The second-order valence-electron chi connectivity index (χ2n) is 4.10. The lowest BCUT2D eigenvalue weighted by molar-refractivity contribution is -0.195. The molecule has 0 unspecified atom stereocenters. The van der Waals surface area contributed by atoms with Gasteiger partial charge in [0.25, 0.3) is 0 Å². The Bertz CT molecular complexity index is 174. The van der Waals surface area contributed by atoms with Gasteiger partial charge in [-0.25, -0.2) is 0 Å². The molecule has 0 spiro atoms. The maximum absolute atomic E-state index is 11.4. The topological polar surface area (TPSA) is 46.5 Å². The van der Waals surface area contributed by atoms with Gasteiger partial charge in [0, 0.05) is 5.41 Å². The van der Waals surface area contributed by atoms with E-state index in [2.05, 4.69) is 0 Å². The second-order valence-corrected chi connectivity index (χ2v) is 4.10. The Labute approximate surface area is 66.4 Å². The van der Waals surface area contributed by atoms with Crippen molar-refractivity contribution in [3.63, 3.8) is 0 Å². The first-order chi connectivity index (χ1) is 4.86. The molecule has 1 fully saturated rings. The van der Waals surface area contributed by atoms with Crippen molar-refractivity contribution in [3.8, 4) is 0 Å². The van der Waals surface area contributed by atoms with E-state index in [1.807, 2.05) is 0 Å². The van der Waals surface area contributed by atoms with Crippen molar-refractivity contribution < 1.29 is 14.6 Å². The molecule has 0 aromatic heterocycles. The monoisotopic (exact) mass is 158 g/mol. The van der Waals surface area contributed by atoms with Crippen molar-refractivity contribution in [2.24, 2.45) is 5.41 Å². The van der Waals surface area contributed by atoms with E-state index >= 15 is 0 Å². The van der Waals surface area contributed by atoms with Crippen LogP contribution in [0.1, 0.15) is 20.8 Å². The number of carbonyl (C=O) groups excluding carboxylic acids is 1. The number of rotatable bonds is 1. The van der Waals surface area contributed by atoms with Crippen LogP contribution >= 0.6 is 0 Å². The average molecular weight is 158 g/mol. The van der Waals surface area contributed by atoms with Gasteiger partial charge in [-0.15, -0.1) is 0 Å². The summed E-state index contributed by atoms with van der Waals surface area (Å²) in [5, 5.41) is 9.54. The summed E-state index contributed by atoms with van der Waals surface area (Å²) in [4.78, 5) is 11.4. The van der Waals surface area contributed by atoms with Crippen LogP contribution in [0.2, 0.25) is 0 Å². The molecule has 11 heavy (non-hydrogen) atoms. The molecule has 1 rings (SSSR count). The van der Waals surface area contributed by atoms with E-state index in [9.17, 15) is 9.90 Å². The Balaban J connectivity index is 2.68. The lowest BCUT2D eigenvalue weighted by atomic mass is 9.79. The summed E-state index contributed by atoms with van der Waals surface area (Å²) in [6.45, 7) is 5.70. The van der Waals surface area contributed by atoms with Crippen LogP contribution < -0.4 is 0 Å². The number of carbonyl (C=O) groups is 1. The van der Waals surface area contributed by atoms with E-state index in [1.54, 1.807) is 20.8 Å². The molecule has 0 aromatic carbocycles. The predicted octanol–water partition coefficient (Wildman–Crippen LogP) is 0.363. The zero-order chi connectivity index (χ0) is 8.70. The van der Waals surface area contributed by atoms with Crippen LogP contribution in [-0.2, 0) is 9.53 Å². The maximum atomic E-state index is 11.4. The number of ketones is 1. The van der Waals surface area contributed by atoms with Crippen LogP contribution in [0.4, 0.5) is 0 Å². The van der Waals surface area contributed by atoms with Gasteiger partial charge < -0.3 is 9.84 Å². The molecule has 0 aromatic rings. The Kier molecular flexibility index (Phi) is 1.81. The Morgan fingerprint density at radius 3 is 2.00 bits per heavy atom. The van der Waals surface area contributed by atoms with Crippen molar-refractivity contribution in [2.75, 3.05) is 13.2 Å². The normalized spacial score (nSPS) is 22.5. The SMILES string of the molecule is CC(C)(C)C(=O)C1(O)COC1. The number of ether oxygens (including phenoxy) is 1. The Morgan fingerprint density at radius 2 is 1.91 bits per heavy atom. The van der Waals surface area contributed by atoms with E-state index in [0.29, 0.717) is 0 Å². The first-order valence-corrected chi connectivity index (χ1v) is 3.71. The molecule has 3 nitrogen and oxygen atoms in total. The summed E-state index contributed by atoms with van der Waals surface area (Å²) >= 11 is 0. The minimum atomic E-state index is -1.20. The van der Waals surface area contributed by atoms with Crippen molar-refractivity contribution in [1.29, 1.82) is 0 Å². The molecule has 64 valence electrons. The minimum absolute atomic E-state index is 0.128. The molecule has 1 aliphatic heterocycles. The summed E-state index contributed by atoms with van der Waals surface area (Å²) in [5.41, 5.74) is -1.67. The van der Waals surface area contributed by atoms with E-state index in [-0.39, 0.29) is 19.0 Å². The third kappa shape index (κ3) is 1.44. The van der Waals surface area contributed by atoms with Gasteiger partial charge in [0.1, 0.15) is 0 Å². The summed E-state index contributed by atoms with van der Waals surface area (Å²) in [7, 11) is 0. The Morgan fingerprint density at radius 1 is 1.45 bits per heavy atom. The minimum Gasteiger partial charge on any atom is -0.377 e. The fourth-order valence-corrected chi connectivity index (χ4v) is 1.12. The van der Waals surface area contributed by atoms with E-state index in [1.165, 1.54) is 0 Å². The summed E-state index contributed by atoms with van der Waals surface area (Å²) in [6, 6.07) is 0. The smallest absolute Gasteiger partial charge is 0.174 e. The van der Waals surface area contributed by atoms with Gasteiger partial charge in [-0.3, -0.25) is 4.79 Å². The largest absolute Gasteiger partial charge is 0.377 e. The molecular weight excluding hydrogens is 144 g/mol. The van der Waals surface area contributed by atoms with Crippen molar-refractivity contribution in [3.05, 3.63) is 0 Å². The van der Waals surface area contributed by atoms with Gasteiger partial charge in [0.2, 0.25) is 0 Å². The highest BCUT2D eigenvalue weighted by Gasteiger charge is 2.47.